The van der Waals surface area contributed by atoms with Crippen LogP contribution in [0.25, 0.3) is 0 Å². The van der Waals surface area contributed by atoms with E-state index < -0.39 is 0 Å². The van der Waals surface area contributed by atoms with Crippen LogP contribution in [0.1, 0.15) is 52.9 Å². The molecule has 0 aromatic rings. The third kappa shape index (κ3) is 6.60. The van der Waals surface area contributed by atoms with Gasteiger partial charge in [-0.25, -0.2) is 0 Å². The summed E-state index contributed by atoms with van der Waals surface area (Å²) in [5, 5.41) is 6.94. The number of likely N-dealkylation sites (tertiary alicyclic amines) is 1. The van der Waals surface area contributed by atoms with Gasteiger partial charge in [0.1, 0.15) is 0 Å². The minimum atomic E-state index is 0. The van der Waals surface area contributed by atoms with E-state index in [1.165, 1.54) is 45.2 Å². The zero-order valence-corrected chi connectivity index (χ0v) is 16.9. The van der Waals surface area contributed by atoms with E-state index in [-0.39, 0.29) is 24.0 Å². The quantitative estimate of drug-likeness (QED) is 0.359. The first-order valence-electron chi connectivity index (χ1n) is 9.02. The molecule has 0 radical (unpaired) electrons. The van der Waals surface area contributed by atoms with Gasteiger partial charge in [-0.15, -0.1) is 24.0 Å². The van der Waals surface area contributed by atoms with Crippen LogP contribution in [0.2, 0.25) is 0 Å². The smallest absolute Gasteiger partial charge is 0.191 e. The topological polar surface area (TPSA) is 39.7 Å². The van der Waals surface area contributed by atoms with Crippen LogP contribution in [-0.4, -0.2) is 49.6 Å². The van der Waals surface area contributed by atoms with Gasteiger partial charge in [-0.05, 0) is 44.6 Å². The Morgan fingerprint density at radius 2 is 1.86 bits per heavy atom. The molecule has 2 rings (SSSR count). The van der Waals surface area contributed by atoms with E-state index in [2.05, 4.69) is 36.3 Å². The predicted molar refractivity (Wildman–Crippen MR) is 106 cm³/mol. The molecule has 1 saturated carbocycles. The van der Waals surface area contributed by atoms with E-state index in [0.29, 0.717) is 0 Å². The number of guanidine groups is 1. The zero-order valence-electron chi connectivity index (χ0n) is 14.6. The number of aliphatic imine (C=N–C) groups is 1. The Morgan fingerprint density at radius 3 is 2.45 bits per heavy atom. The monoisotopic (exact) mass is 422 g/mol. The molecule has 0 aromatic carbocycles. The summed E-state index contributed by atoms with van der Waals surface area (Å²) in [6, 6.07) is 0.923. The second-order valence-corrected chi connectivity index (χ2v) is 6.66. The van der Waals surface area contributed by atoms with E-state index in [0.717, 1.165) is 43.5 Å². The molecule has 1 aliphatic heterocycles. The summed E-state index contributed by atoms with van der Waals surface area (Å²) in [5.41, 5.74) is 0. The molecule has 2 N–H and O–H groups in total. The van der Waals surface area contributed by atoms with Crippen LogP contribution in [0.5, 0.6) is 0 Å². The van der Waals surface area contributed by atoms with Gasteiger partial charge in [0.15, 0.2) is 5.96 Å². The Kier molecular flexibility index (Phi) is 9.71. The highest BCUT2D eigenvalue weighted by atomic mass is 127. The number of halogens is 1. The van der Waals surface area contributed by atoms with Crippen molar-refractivity contribution in [1.82, 2.24) is 15.5 Å². The molecule has 0 amide bonds. The summed E-state index contributed by atoms with van der Waals surface area (Å²) in [5.74, 6) is 2.52. The normalized spacial score (nSPS) is 22.7. The van der Waals surface area contributed by atoms with E-state index >= 15 is 0 Å². The molecule has 1 atom stereocenters. The number of rotatable bonds is 8. The third-order valence-electron chi connectivity index (χ3n) is 4.95. The average molecular weight is 422 g/mol. The van der Waals surface area contributed by atoms with Gasteiger partial charge in [0.2, 0.25) is 0 Å². The maximum absolute atomic E-state index is 4.76. The van der Waals surface area contributed by atoms with Crippen molar-refractivity contribution in [3.8, 4) is 0 Å². The Morgan fingerprint density at radius 1 is 1.14 bits per heavy atom. The molecule has 22 heavy (non-hydrogen) atoms. The Labute approximate surface area is 153 Å². The summed E-state index contributed by atoms with van der Waals surface area (Å²) >= 11 is 0. The van der Waals surface area contributed by atoms with Crippen molar-refractivity contribution in [3.63, 3.8) is 0 Å². The van der Waals surface area contributed by atoms with Gasteiger partial charge >= 0.3 is 0 Å². The molecule has 2 aliphatic rings. The number of hydrogen-bond acceptors (Lipinski definition) is 2. The van der Waals surface area contributed by atoms with Gasteiger partial charge in [-0.3, -0.25) is 4.99 Å². The lowest BCUT2D eigenvalue weighted by atomic mass is 10.0. The van der Waals surface area contributed by atoms with Crippen molar-refractivity contribution < 1.29 is 0 Å². The molecule has 2 fully saturated rings. The highest BCUT2D eigenvalue weighted by Gasteiger charge is 2.34. The van der Waals surface area contributed by atoms with Crippen LogP contribution in [0.15, 0.2) is 4.99 Å². The molecule has 1 saturated heterocycles. The molecule has 130 valence electrons. The Hall–Kier alpha value is -0.0400. The van der Waals surface area contributed by atoms with Crippen LogP contribution in [0.4, 0.5) is 0 Å². The van der Waals surface area contributed by atoms with Crippen molar-refractivity contribution in [2.45, 2.75) is 58.9 Å². The molecule has 1 heterocycles. The summed E-state index contributed by atoms with van der Waals surface area (Å²) < 4.78 is 0. The minimum absolute atomic E-state index is 0. The molecule has 5 heteroatoms. The zero-order chi connectivity index (χ0) is 15.1. The SMILES string of the molecule is CCNC(=NCC(CC)CC)NCC1CCN(C2CC2)C1.I. The van der Waals surface area contributed by atoms with Crippen molar-refractivity contribution in [1.29, 1.82) is 0 Å². The molecule has 1 unspecified atom stereocenters. The van der Waals surface area contributed by atoms with E-state index in [9.17, 15) is 0 Å². The van der Waals surface area contributed by atoms with Crippen LogP contribution < -0.4 is 10.6 Å². The fourth-order valence-corrected chi connectivity index (χ4v) is 3.15. The first kappa shape index (κ1) is 20.0. The van der Waals surface area contributed by atoms with E-state index in [4.69, 9.17) is 4.99 Å². The Bertz CT molecular complexity index is 327. The largest absolute Gasteiger partial charge is 0.357 e. The standard InChI is InChI=1S/C17H34N4.HI/c1-4-14(5-2)11-19-17(18-6-3)20-12-15-9-10-21(13-15)16-7-8-16;/h14-16H,4-13H2,1-3H3,(H2,18,19,20);1H. The molecular formula is C17H35IN4. The van der Waals surface area contributed by atoms with Crippen molar-refractivity contribution in [3.05, 3.63) is 0 Å². The highest BCUT2D eigenvalue weighted by Crippen LogP contribution is 2.31. The molecular weight excluding hydrogens is 387 g/mol. The Balaban J connectivity index is 0.00000242. The van der Waals surface area contributed by atoms with Crippen LogP contribution in [0, 0.1) is 11.8 Å². The molecule has 0 spiro atoms. The van der Waals surface area contributed by atoms with Crippen molar-refractivity contribution in [2.75, 3.05) is 32.7 Å². The lowest BCUT2D eigenvalue weighted by Crippen LogP contribution is -2.40. The minimum Gasteiger partial charge on any atom is -0.357 e. The summed E-state index contributed by atoms with van der Waals surface area (Å²) in [7, 11) is 0. The second-order valence-electron chi connectivity index (χ2n) is 6.66. The summed E-state index contributed by atoms with van der Waals surface area (Å²) in [6.07, 6.45) is 6.64. The fourth-order valence-electron chi connectivity index (χ4n) is 3.15. The van der Waals surface area contributed by atoms with Gasteiger partial charge < -0.3 is 15.5 Å². The van der Waals surface area contributed by atoms with Crippen molar-refractivity contribution >= 4 is 29.9 Å². The van der Waals surface area contributed by atoms with Crippen molar-refractivity contribution in [2.24, 2.45) is 16.8 Å². The van der Waals surface area contributed by atoms with E-state index in [1.807, 2.05) is 0 Å². The number of nitrogens with zero attached hydrogens (tertiary/aromatic N) is 2. The third-order valence-corrected chi connectivity index (χ3v) is 4.95. The molecule has 1 aliphatic carbocycles. The lowest BCUT2D eigenvalue weighted by molar-refractivity contribution is 0.314. The maximum Gasteiger partial charge on any atom is 0.191 e. The number of hydrogen-bond donors (Lipinski definition) is 2. The van der Waals surface area contributed by atoms with Crippen LogP contribution in [-0.2, 0) is 0 Å². The van der Waals surface area contributed by atoms with Crippen LogP contribution >= 0.6 is 24.0 Å². The van der Waals surface area contributed by atoms with Crippen LogP contribution in [0.3, 0.4) is 0 Å². The van der Waals surface area contributed by atoms with Gasteiger partial charge in [0, 0.05) is 32.2 Å². The first-order chi connectivity index (χ1) is 10.3. The predicted octanol–water partition coefficient (Wildman–Crippen LogP) is 3.08. The average Bonchev–Trinajstić information content (AvgIpc) is 3.24. The second kappa shape index (κ2) is 10.7. The molecule has 0 aromatic heterocycles. The summed E-state index contributed by atoms with van der Waals surface area (Å²) in [4.78, 5) is 7.44. The summed E-state index contributed by atoms with van der Waals surface area (Å²) in [6.45, 7) is 12.2. The van der Waals surface area contributed by atoms with Gasteiger partial charge in [-0.1, -0.05) is 26.7 Å². The fraction of sp³-hybridized carbons (Fsp3) is 0.941. The van der Waals surface area contributed by atoms with Gasteiger partial charge in [0.25, 0.3) is 0 Å². The van der Waals surface area contributed by atoms with Gasteiger partial charge in [0.05, 0.1) is 0 Å². The van der Waals surface area contributed by atoms with E-state index in [1.54, 1.807) is 0 Å². The highest BCUT2D eigenvalue weighted by molar-refractivity contribution is 14.0. The molecule has 0 bridgehead atoms. The maximum atomic E-state index is 4.76. The lowest BCUT2D eigenvalue weighted by Gasteiger charge is -2.17. The first-order valence-corrected chi connectivity index (χ1v) is 9.02. The molecule has 4 nitrogen and oxygen atoms in total. The number of nitrogens with one attached hydrogen (secondary N) is 2. The van der Waals surface area contributed by atoms with Gasteiger partial charge in [-0.2, -0.15) is 0 Å².